The van der Waals surface area contributed by atoms with Crippen LogP contribution in [0.1, 0.15) is 24.0 Å². The topological polar surface area (TPSA) is 24.1 Å². The summed E-state index contributed by atoms with van der Waals surface area (Å²) in [6.45, 7) is 2.08. The van der Waals surface area contributed by atoms with Crippen LogP contribution in [0.25, 0.3) is 0 Å². The molecular formula is C17H18N2S. The van der Waals surface area contributed by atoms with Crippen molar-refractivity contribution < 1.29 is 0 Å². The average Bonchev–Trinajstić information content (AvgIpc) is 3.23. The quantitative estimate of drug-likeness (QED) is 0.833. The highest BCUT2D eigenvalue weighted by Gasteiger charge is 2.44. The zero-order valence-corrected chi connectivity index (χ0v) is 12.3. The van der Waals surface area contributed by atoms with Crippen molar-refractivity contribution >= 4 is 23.0 Å². The first-order valence-electron chi connectivity index (χ1n) is 6.89. The first kappa shape index (κ1) is 13.1. The van der Waals surface area contributed by atoms with E-state index in [4.69, 9.17) is 12.2 Å². The Hall–Kier alpha value is -1.87. The monoisotopic (exact) mass is 282 g/mol. The van der Waals surface area contributed by atoms with Crippen molar-refractivity contribution in [1.29, 1.82) is 0 Å². The van der Waals surface area contributed by atoms with Crippen molar-refractivity contribution in [2.45, 2.75) is 25.3 Å². The van der Waals surface area contributed by atoms with Gasteiger partial charge in [0.1, 0.15) is 0 Å². The molecule has 0 heterocycles. The molecule has 3 heteroatoms. The molecule has 1 fully saturated rings. The van der Waals surface area contributed by atoms with Gasteiger partial charge in [0.2, 0.25) is 0 Å². The Bertz CT molecular complexity index is 601. The van der Waals surface area contributed by atoms with Gasteiger partial charge >= 0.3 is 0 Å². The van der Waals surface area contributed by atoms with E-state index in [1.165, 1.54) is 11.1 Å². The Labute approximate surface area is 125 Å². The maximum absolute atomic E-state index is 5.43. The van der Waals surface area contributed by atoms with Crippen LogP contribution in [0.4, 0.5) is 5.69 Å². The van der Waals surface area contributed by atoms with E-state index < -0.39 is 0 Å². The lowest BCUT2D eigenvalue weighted by Crippen LogP contribution is -2.37. The molecule has 2 N–H and O–H groups in total. The molecule has 2 nitrogen and oxygen atoms in total. The molecule has 0 saturated heterocycles. The Balaban J connectivity index is 1.66. The largest absolute Gasteiger partial charge is 0.353 e. The Morgan fingerprint density at radius 3 is 2.25 bits per heavy atom. The van der Waals surface area contributed by atoms with Gasteiger partial charge in [-0.1, -0.05) is 48.0 Å². The third-order valence-corrected chi connectivity index (χ3v) is 3.94. The van der Waals surface area contributed by atoms with E-state index in [1.807, 2.05) is 18.2 Å². The molecule has 0 aromatic heterocycles. The molecule has 102 valence electrons. The minimum absolute atomic E-state index is 0.0377. The molecule has 0 unspecified atom stereocenters. The molecule has 1 saturated carbocycles. The number of aryl methyl sites for hydroxylation is 1. The van der Waals surface area contributed by atoms with Crippen LogP contribution >= 0.6 is 12.2 Å². The second-order valence-electron chi connectivity index (χ2n) is 5.39. The average molecular weight is 282 g/mol. The Morgan fingerprint density at radius 2 is 1.65 bits per heavy atom. The van der Waals surface area contributed by atoms with E-state index in [-0.39, 0.29) is 5.54 Å². The van der Waals surface area contributed by atoms with Gasteiger partial charge in [0, 0.05) is 5.69 Å². The van der Waals surface area contributed by atoms with Crippen LogP contribution in [0.15, 0.2) is 54.6 Å². The third kappa shape index (κ3) is 2.83. The van der Waals surface area contributed by atoms with Gasteiger partial charge in [-0.2, -0.15) is 0 Å². The summed E-state index contributed by atoms with van der Waals surface area (Å²) < 4.78 is 0. The van der Waals surface area contributed by atoms with Crippen molar-refractivity contribution in [3.05, 3.63) is 65.7 Å². The Morgan fingerprint density at radius 1 is 1.00 bits per heavy atom. The number of hydrogen-bond acceptors (Lipinski definition) is 1. The van der Waals surface area contributed by atoms with Crippen molar-refractivity contribution in [3.8, 4) is 0 Å². The summed E-state index contributed by atoms with van der Waals surface area (Å²) in [4.78, 5) is 0. The van der Waals surface area contributed by atoms with Gasteiger partial charge in [-0.3, -0.25) is 0 Å². The number of benzene rings is 2. The molecule has 0 spiro atoms. The van der Waals surface area contributed by atoms with Gasteiger partial charge in [0.15, 0.2) is 5.11 Å². The Kier molecular flexibility index (Phi) is 3.45. The van der Waals surface area contributed by atoms with Crippen molar-refractivity contribution in [1.82, 2.24) is 5.32 Å². The first-order valence-corrected chi connectivity index (χ1v) is 7.30. The maximum Gasteiger partial charge on any atom is 0.171 e. The molecule has 0 radical (unpaired) electrons. The lowest BCUT2D eigenvalue weighted by atomic mass is 10.1. The fourth-order valence-corrected chi connectivity index (χ4v) is 2.70. The highest BCUT2D eigenvalue weighted by molar-refractivity contribution is 7.80. The first-order chi connectivity index (χ1) is 9.68. The van der Waals surface area contributed by atoms with E-state index in [9.17, 15) is 0 Å². The van der Waals surface area contributed by atoms with Gasteiger partial charge in [-0.05, 0) is 49.7 Å². The third-order valence-electron chi connectivity index (χ3n) is 3.74. The molecule has 1 aliphatic rings. The normalized spacial score (nSPS) is 15.4. The minimum atomic E-state index is 0.0377. The zero-order chi connectivity index (χ0) is 14.0. The van der Waals surface area contributed by atoms with Crippen LogP contribution < -0.4 is 10.6 Å². The lowest BCUT2D eigenvalue weighted by molar-refractivity contribution is 0.649. The number of hydrogen-bond donors (Lipinski definition) is 2. The minimum Gasteiger partial charge on any atom is -0.353 e. The van der Waals surface area contributed by atoms with Crippen molar-refractivity contribution in [3.63, 3.8) is 0 Å². The van der Waals surface area contributed by atoms with E-state index in [0.29, 0.717) is 5.11 Å². The van der Waals surface area contributed by atoms with Crippen molar-refractivity contribution in [2.24, 2.45) is 0 Å². The van der Waals surface area contributed by atoms with Gasteiger partial charge in [-0.25, -0.2) is 0 Å². The second kappa shape index (κ2) is 5.25. The fraction of sp³-hybridized carbons (Fsp3) is 0.235. The van der Waals surface area contributed by atoms with Crippen LogP contribution in [0.2, 0.25) is 0 Å². The zero-order valence-electron chi connectivity index (χ0n) is 11.5. The predicted molar refractivity (Wildman–Crippen MR) is 87.9 cm³/mol. The molecular weight excluding hydrogens is 264 g/mol. The smallest absolute Gasteiger partial charge is 0.171 e. The molecule has 3 rings (SSSR count). The summed E-state index contributed by atoms with van der Waals surface area (Å²) in [6.07, 6.45) is 2.26. The van der Waals surface area contributed by atoms with Crippen LogP contribution in [0.3, 0.4) is 0 Å². The second-order valence-corrected chi connectivity index (χ2v) is 5.80. The number of nitrogens with one attached hydrogen (secondary N) is 2. The fourth-order valence-electron chi connectivity index (χ4n) is 2.38. The summed E-state index contributed by atoms with van der Waals surface area (Å²) >= 11 is 5.43. The van der Waals surface area contributed by atoms with Gasteiger partial charge < -0.3 is 10.6 Å². The van der Waals surface area contributed by atoms with Gasteiger partial charge in [0.05, 0.1) is 5.54 Å². The highest BCUT2D eigenvalue weighted by atomic mass is 32.1. The summed E-state index contributed by atoms with van der Waals surface area (Å²) in [5, 5.41) is 7.41. The summed E-state index contributed by atoms with van der Waals surface area (Å²) in [5.74, 6) is 0. The van der Waals surface area contributed by atoms with Crippen LogP contribution in [-0.2, 0) is 5.54 Å². The summed E-state index contributed by atoms with van der Waals surface area (Å²) in [7, 11) is 0. The lowest BCUT2D eigenvalue weighted by Gasteiger charge is -2.20. The molecule has 0 bridgehead atoms. The molecule has 0 amide bonds. The van der Waals surface area contributed by atoms with E-state index in [2.05, 4.69) is 54.0 Å². The standard InChI is InChI=1S/C17H18N2S/c1-13-7-9-15(10-8-13)18-16(20)19-17(11-12-17)14-5-3-2-4-6-14/h2-10H,11-12H2,1H3,(H2,18,19,20). The molecule has 1 aliphatic carbocycles. The van der Waals surface area contributed by atoms with Crippen LogP contribution in [0, 0.1) is 6.92 Å². The maximum atomic E-state index is 5.43. The molecule has 0 atom stereocenters. The van der Waals surface area contributed by atoms with Crippen LogP contribution in [-0.4, -0.2) is 5.11 Å². The van der Waals surface area contributed by atoms with Crippen LogP contribution in [0.5, 0.6) is 0 Å². The molecule has 20 heavy (non-hydrogen) atoms. The molecule has 2 aromatic carbocycles. The van der Waals surface area contributed by atoms with Gasteiger partial charge in [0.25, 0.3) is 0 Å². The number of anilines is 1. The molecule has 2 aromatic rings. The SMILES string of the molecule is Cc1ccc(NC(=S)NC2(c3ccccc3)CC2)cc1. The van der Waals surface area contributed by atoms with Gasteiger partial charge in [-0.15, -0.1) is 0 Å². The number of rotatable bonds is 3. The van der Waals surface area contributed by atoms with Crippen molar-refractivity contribution in [2.75, 3.05) is 5.32 Å². The summed E-state index contributed by atoms with van der Waals surface area (Å²) in [6, 6.07) is 18.8. The number of thiocarbonyl (C=S) groups is 1. The highest BCUT2D eigenvalue weighted by Crippen LogP contribution is 2.45. The molecule has 0 aliphatic heterocycles. The predicted octanol–water partition coefficient (Wildman–Crippen LogP) is 3.97. The van der Waals surface area contributed by atoms with E-state index in [0.717, 1.165) is 18.5 Å². The van der Waals surface area contributed by atoms with E-state index in [1.54, 1.807) is 0 Å². The summed E-state index contributed by atoms with van der Waals surface area (Å²) in [5.41, 5.74) is 3.62. The van der Waals surface area contributed by atoms with E-state index >= 15 is 0 Å².